The highest BCUT2D eigenvalue weighted by atomic mass is 79.9. The molecule has 1 fully saturated rings. The lowest BCUT2D eigenvalue weighted by Crippen LogP contribution is -3.11. The Balaban J connectivity index is 1.94. The van der Waals surface area contributed by atoms with Crippen LogP contribution in [-0.2, 0) is 11.3 Å². The van der Waals surface area contributed by atoms with Crippen molar-refractivity contribution in [2.45, 2.75) is 19.4 Å². The second kappa shape index (κ2) is 9.78. The molecule has 1 amide bonds. The van der Waals surface area contributed by atoms with Gasteiger partial charge in [0.05, 0.1) is 24.7 Å². The summed E-state index contributed by atoms with van der Waals surface area (Å²) in [6.07, 6.45) is 5.29. The van der Waals surface area contributed by atoms with Crippen molar-refractivity contribution in [2.24, 2.45) is 5.92 Å². The number of piperidine rings is 1. The van der Waals surface area contributed by atoms with Gasteiger partial charge >= 0.3 is 0 Å². The van der Waals surface area contributed by atoms with E-state index in [0.29, 0.717) is 23.3 Å². The number of likely N-dealkylation sites (tertiary alicyclic amines) is 1. The van der Waals surface area contributed by atoms with Gasteiger partial charge in [0.2, 0.25) is 5.91 Å². The molecule has 0 aliphatic carbocycles. The lowest BCUT2D eigenvalue weighted by molar-refractivity contribution is -0.919. The second-order valence-electron chi connectivity index (χ2n) is 6.65. The van der Waals surface area contributed by atoms with Crippen LogP contribution in [0.1, 0.15) is 18.4 Å². The maximum absolute atomic E-state index is 12.7. The number of benzene rings is 1. The number of quaternary nitrogens is 1. The van der Waals surface area contributed by atoms with Gasteiger partial charge in [-0.15, -0.1) is 13.2 Å². The van der Waals surface area contributed by atoms with E-state index < -0.39 is 0 Å². The largest absolute Gasteiger partial charge is 0.503 e. The molecule has 6 heteroatoms. The van der Waals surface area contributed by atoms with Gasteiger partial charge in [0.1, 0.15) is 6.54 Å². The molecule has 1 aliphatic heterocycles. The third kappa shape index (κ3) is 5.11. The highest BCUT2D eigenvalue weighted by molar-refractivity contribution is 9.10. The molecule has 0 unspecified atom stereocenters. The van der Waals surface area contributed by atoms with Gasteiger partial charge in [-0.25, -0.2) is 0 Å². The summed E-state index contributed by atoms with van der Waals surface area (Å²) in [6, 6.07) is 3.80. The number of ether oxygens (including phenoxy) is 1. The van der Waals surface area contributed by atoms with Crippen LogP contribution in [0.4, 0.5) is 0 Å². The highest BCUT2D eigenvalue weighted by Crippen LogP contribution is 2.35. The zero-order valence-electron chi connectivity index (χ0n) is 15.3. The number of phenols is 1. The summed E-state index contributed by atoms with van der Waals surface area (Å²) in [5.41, 5.74) is 1.10. The molecule has 2 N–H and O–H groups in total. The third-order valence-electron chi connectivity index (χ3n) is 4.81. The van der Waals surface area contributed by atoms with Crippen molar-refractivity contribution >= 4 is 21.8 Å². The van der Waals surface area contributed by atoms with Crippen molar-refractivity contribution < 1.29 is 19.5 Å². The Kier molecular flexibility index (Phi) is 7.72. The summed E-state index contributed by atoms with van der Waals surface area (Å²) in [6.45, 7) is 11.4. The molecule has 26 heavy (non-hydrogen) atoms. The van der Waals surface area contributed by atoms with Gasteiger partial charge in [-0.05, 0) is 28.1 Å². The lowest BCUT2D eigenvalue weighted by Gasteiger charge is -2.31. The van der Waals surface area contributed by atoms with Crippen LogP contribution < -0.4 is 9.64 Å². The summed E-state index contributed by atoms with van der Waals surface area (Å²) >= 11 is 3.37. The normalized spacial score (nSPS) is 19.6. The number of phenolic OH excluding ortho intramolecular Hbond substituents is 1. The van der Waals surface area contributed by atoms with Crippen molar-refractivity contribution in [3.05, 3.63) is 47.5 Å². The first-order valence-electron chi connectivity index (χ1n) is 8.89. The molecule has 5 nitrogen and oxygen atoms in total. The molecular formula is C20H28BrN2O3+. The van der Waals surface area contributed by atoms with Crippen LogP contribution in [0.2, 0.25) is 0 Å². The monoisotopic (exact) mass is 423 g/mol. The van der Waals surface area contributed by atoms with Gasteiger partial charge in [-0.3, -0.25) is 4.79 Å². The van der Waals surface area contributed by atoms with E-state index in [4.69, 9.17) is 4.74 Å². The van der Waals surface area contributed by atoms with Crippen LogP contribution in [-0.4, -0.2) is 49.2 Å². The van der Waals surface area contributed by atoms with E-state index in [2.05, 4.69) is 29.1 Å². The van der Waals surface area contributed by atoms with Crippen LogP contribution in [0.5, 0.6) is 11.5 Å². The number of amides is 1. The van der Waals surface area contributed by atoms with E-state index in [1.807, 2.05) is 17.0 Å². The molecule has 0 spiro atoms. The van der Waals surface area contributed by atoms with Crippen LogP contribution in [0, 0.1) is 5.92 Å². The number of hydrogen-bond acceptors (Lipinski definition) is 3. The first-order chi connectivity index (χ1) is 12.5. The Morgan fingerprint density at radius 1 is 1.35 bits per heavy atom. The standard InChI is InChI=1S/C20H27BrN2O3/c1-4-8-23(9-5-2)20(25)16-6-10-22(11-7-16)14-15-12-17(21)19(24)18(13-15)26-3/h4-5,12-13,16,24H,1-2,6-11,14H2,3H3/p+1. The number of carbonyl (C=O) groups excluding carboxylic acids is 1. The van der Waals surface area contributed by atoms with E-state index in [9.17, 15) is 9.90 Å². The number of carbonyl (C=O) groups is 1. The van der Waals surface area contributed by atoms with E-state index in [1.165, 1.54) is 4.90 Å². The number of rotatable bonds is 8. The summed E-state index contributed by atoms with van der Waals surface area (Å²) in [4.78, 5) is 15.9. The van der Waals surface area contributed by atoms with Crippen molar-refractivity contribution in [3.63, 3.8) is 0 Å². The summed E-state index contributed by atoms with van der Waals surface area (Å²) in [7, 11) is 1.55. The smallest absolute Gasteiger partial charge is 0.226 e. The van der Waals surface area contributed by atoms with E-state index in [-0.39, 0.29) is 17.6 Å². The Morgan fingerprint density at radius 3 is 2.50 bits per heavy atom. The maximum Gasteiger partial charge on any atom is 0.226 e. The van der Waals surface area contributed by atoms with Crippen LogP contribution in [0.3, 0.4) is 0 Å². The minimum Gasteiger partial charge on any atom is -0.503 e. The van der Waals surface area contributed by atoms with Gasteiger partial charge in [0.25, 0.3) is 0 Å². The summed E-state index contributed by atoms with van der Waals surface area (Å²) in [5, 5.41) is 9.93. The number of nitrogens with one attached hydrogen (secondary N) is 1. The maximum atomic E-state index is 12.7. The predicted molar refractivity (Wildman–Crippen MR) is 106 cm³/mol. The first-order valence-corrected chi connectivity index (χ1v) is 9.69. The molecule has 1 saturated heterocycles. The lowest BCUT2D eigenvalue weighted by atomic mass is 9.94. The molecule has 0 bridgehead atoms. The molecule has 0 saturated carbocycles. The zero-order chi connectivity index (χ0) is 19.1. The Labute approximate surface area is 164 Å². The Hall–Kier alpha value is -1.79. The molecular weight excluding hydrogens is 396 g/mol. The van der Waals surface area contributed by atoms with Gasteiger partial charge < -0.3 is 19.6 Å². The number of aromatic hydroxyl groups is 1. The molecule has 142 valence electrons. The fourth-order valence-corrected chi connectivity index (χ4v) is 3.94. The minimum atomic E-state index is 0.0831. The van der Waals surface area contributed by atoms with Crippen molar-refractivity contribution in [3.8, 4) is 11.5 Å². The average molecular weight is 424 g/mol. The fourth-order valence-electron chi connectivity index (χ4n) is 3.45. The third-order valence-corrected chi connectivity index (χ3v) is 5.42. The van der Waals surface area contributed by atoms with E-state index in [0.717, 1.165) is 38.0 Å². The van der Waals surface area contributed by atoms with Gasteiger partial charge in [-0.2, -0.15) is 0 Å². The Morgan fingerprint density at radius 2 is 1.96 bits per heavy atom. The zero-order valence-corrected chi connectivity index (χ0v) is 16.9. The van der Waals surface area contributed by atoms with Gasteiger partial charge in [0, 0.05) is 37.4 Å². The Bertz CT molecular complexity index is 645. The van der Waals surface area contributed by atoms with Gasteiger partial charge in [-0.1, -0.05) is 12.2 Å². The van der Waals surface area contributed by atoms with Gasteiger partial charge in [0.15, 0.2) is 11.5 Å². The summed E-state index contributed by atoms with van der Waals surface area (Å²) < 4.78 is 5.86. The molecule has 0 atom stereocenters. The van der Waals surface area contributed by atoms with Crippen molar-refractivity contribution in [1.82, 2.24) is 4.90 Å². The molecule has 1 aromatic rings. The molecule has 1 aromatic carbocycles. The van der Waals surface area contributed by atoms with E-state index >= 15 is 0 Å². The molecule has 0 radical (unpaired) electrons. The first kappa shape index (κ1) is 20.5. The number of hydrogen-bond donors (Lipinski definition) is 2. The average Bonchev–Trinajstić information content (AvgIpc) is 2.64. The second-order valence-corrected chi connectivity index (χ2v) is 7.50. The molecule has 1 aliphatic rings. The van der Waals surface area contributed by atoms with Crippen LogP contribution >= 0.6 is 15.9 Å². The SMILES string of the molecule is C=CCN(CC=C)C(=O)C1CC[NH+](Cc2cc(Br)c(O)c(OC)c2)CC1. The molecule has 2 rings (SSSR count). The number of methoxy groups -OCH3 is 1. The summed E-state index contributed by atoms with van der Waals surface area (Å²) in [5.74, 6) is 0.890. The van der Waals surface area contributed by atoms with Crippen molar-refractivity contribution in [2.75, 3.05) is 33.3 Å². The molecule has 0 aromatic heterocycles. The predicted octanol–water partition coefficient (Wildman–Crippen LogP) is 2.16. The molecule has 1 heterocycles. The van der Waals surface area contributed by atoms with Crippen LogP contribution in [0.15, 0.2) is 41.9 Å². The topological polar surface area (TPSA) is 54.2 Å². The highest BCUT2D eigenvalue weighted by Gasteiger charge is 2.30. The van der Waals surface area contributed by atoms with Crippen LogP contribution in [0.25, 0.3) is 0 Å². The van der Waals surface area contributed by atoms with E-state index in [1.54, 1.807) is 19.3 Å². The van der Waals surface area contributed by atoms with Crippen molar-refractivity contribution in [1.29, 1.82) is 0 Å². The number of nitrogens with zero attached hydrogens (tertiary/aromatic N) is 1. The number of halogens is 1. The fraction of sp³-hybridized carbons (Fsp3) is 0.450. The quantitative estimate of drug-likeness (QED) is 0.629. The minimum absolute atomic E-state index is 0.0831.